The summed E-state index contributed by atoms with van der Waals surface area (Å²) >= 11 is 7.84. The van der Waals surface area contributed by atoms with Crippen LogP contribution in [0.25, 0.3) is 10.2 Å². The molecule has 1 unspecified atom stereocenters. The topological polar surface area (TPSA) is 42.0 Å². The summed E-state index contributed by atoms with van der Waals surface area (Å²) in [7, 11) is 0. The first-order valence-corrected chi connectivity index (χ1v) is 8.11. The average Bonchev–Trinajstić information content (AvgIpc) is 2.70. The smallest absolute Gasteiger partial charge is 0.240 e. The molecule has 0 radical (unpaired) electrons. The summed E-state index contributed by atoms with van der Waals surface area (Å²) in [5.74, 6) is -0.300. The van der Waals surface area contributed by atoms with Crippen molar-refractivity contribution in [1.82, 2.24) is 4.98 Å². The van der Waals surface area contributed by atoms with E-state index in [1.54, 1.807) is 0 Å². The number of aromatic nitrogens is 1. The molecule has 0 spiro atoms. The average molecular weight is 410 g/mol. The van der Waals surface area contributed by atoms with E-state index in [1.165, 1.54) is 23.5 Å². The number of rotatable bonds is 3. The monoisotopic (exact) mass is 408 g/mol. The van der Waals surface area contributed by atoms with Gasteiger partial charge < -0.3 is 5.32 Å². The number of alkyl halides is 1. The van der Waals surface area contributed by atoms with Crippen molar-refractivity contribution >= 4 is 64.5 Å². The second-order valence-corrected chi connectivity index (χ2v) is 7.26. The van der Waals surface area contributed by atoms with Crippen LogP contribution in [0.1, 0.15) is 13.8 Å². The van der Waals surface area contributed by atoms with Gasteiger partial charge in [-0.1, -0.05) is 41.1 Å². The number of hydrogen-bond acceptors (Lipinski definition) is 3. The van der Waals surface area contributed by atoms with E-state index in [2.05, 4.69) is 42.2 Å². The molecular formula is C12H11Br2FN2OS. The van der Waals surface area contributed by atoms with Crippen molar-refractivity contribution in [3.63, 3.8) is 0 Å². The molecular weight excluding hydrogens is 399 g/mol. The molecule has 0 saturated carbocycles. The first kappa shape index (κ1) is 14.9. The number of carbonyl (C=O) groups is 1. The molecule has 1 aromatic heterocycles. The predicted molar refractivity (Wildman–Crippen MR) is 83.5 cm³/mol. The van der Waals surface area contributed by atoms with Gasteiger partial charge in [0.15, 0.2) is 5.13 Å². The van der Waals surface area contributed by atoms with Crippen LogP contribution < -0.4 is 5.32 Å². The van der Waals surface area contributed by atoms with Gasteiger partial charge in [-0.2, -0.15) is 0 Å². The summed E-state index contributed by atoms with van der Waals surface area (Å²) in [6.45, 7) is 3.90. The van der Waals surface area contributed by atoms with Gasteiger partial charge in [-0.05, 0) is 34.0 Å². The van der Waals surface area contributed by atoms with Crippen molar-refractivity contribution in [1.29, 1.82) is 0 Å². The molecule has 1 atom stereocenters. The number of hydrogen-bond donors (Lipinski definition) is 1. The fourth-order valence-corrected chi connectivity index (χ4v) is 3.18. The Labute approximate surface area is 130 Å². The van der Waals surface area contributed by atoms with Gasteiger partial charge in [-0.15, -0.1) is 0 Å². The molecule has 19 heavy (non-hydrogen) atoms. The lowest BCUT2D eigenvalue weighted by atomic mass is 10.1. The van der Waals surface area contributed by atoms with Crippen molar-refractivity contribution in [2.24, 2.45) is 5.92 Å². The van der Waals surface area contributed by atoms with E-state index >= 15 is 0 Å². The predicted octanol–water partition coefficient (Wildman–Crippen LogP) is 4.56. The maximum atomic E-state index is 13.3. The Morgan fingerprint density at radius 2 is 2.16 bits per heavy atom. The molecule has 1 aromatic carbocycles. The third kappa shape index (κ3) is 3.32. The number of fused-ring (bicyclic) bond motifs is 1. The lowest BCUT2D eigenvalue weighted by molar-refractivity contribution is -0.116. The first-order valence-electron chi connectivity index (χ1n) is 5.59. The molecule has 2 aromatic rings. The minimum Gasteiger partial charge on any atom is -0.301 e. The van der Waals surface area contributed by atoms with Crippen molar-refractivity contribution in [2.45, 2.75) is 18.7 Å². The van der Waals surface area contributed by atoms with Gasteiger partial charge >= 0.3 is 0 Å². The summed E-state index contributed by atoms with van der Waals surface area (Å²) in [4.78, 5) is 15.9. The van der Waals surface area contributed by atoms with E-state index in [-0.39, 0.29) is 22.5 Å². The molecule has 102 valence electrons. The highest BCUT2D eigenvalue weighted by Crippen LogP contribution is 2.32. The van der Waals surface area contributed by atoms with Crippen LogP contribution in [0.3, 0.4) is 0 Å². The third-order valence-corrected chi connectivity index (χ3v) is 5.47. The molecule has 0 aliphatic carbocycles. The fraction of sp³-hybridized carbons (Fsp3) is 0.333. The lowest BCUT2D eigenvalue weighted by Gasteiger charge is -2.11. The van der Waals surface area contributed by atoms with Crippen molar-refractivity contribution < 1.29 is 9.18 Å². The van der Waals surface area contributed by atoms with Crippen LogP contribution in [0.15, 0.2) is 16.6 Å². The Kier molecular flexibility index (Phi) is 4.58. The Bertz CT molecular complexity index is 629. The van der Waals surface area contributed by atoms with E-state index < -0.39 is 0 Å². The molecule has 0 fully saturated rings. The van der Waals surface area contributed by atoms with Crippen molar-refractivity contribution in [2.75, 3.05) is 5.32 Å². The van der Waals surface area contributed by atoms with Crippen LogP contribution in [0.5, 0.6) is 0 Å². The zero-order chi connectivity index (χ0) is 14.2. The minimum absolute atomic E-state index is 0.148. The molecule has 0 aliphatic rings. The number of nitrogens with zero attached hydrogens (tertiary/aromatic N) is 1. The molecule has 1 heterocycles. The van der Waals surface area contributed by atoms with Gasteiger partial charge in [0.05, 0.1) is 15.0 Å². The summed E-state index contributed by atoms with van der Waals surface area (Å²) in [6.07, 6.45) is 0. The summed E-state index contributed by atoms with van der Waals surface area (Å²) in [5, 5.41) is 3.21. The highest BCUT2D eigenvalue weighted by molar-refractivity contribution is 9.10. The van der Waals surface area contributed by atoms with Crippen molar-refractivity contribution in [3.8, 4) is 0 Å². The highest BCUT2D eigenvalue weighted by atomic mass is 79.9. The quantitative estimate of drug-likeness (QED) is 0.755. The Morgan fingerprint density at radius 1 is 1.47 bits per heavy atom. The molecule has 2 rings (SSSR count). The summed E-state index contributed by atoms with van der Waals surface area (Å²) in [6, 6.07) is 2.76. The lowest BCUT2D eigenvalue weighted by Crippen LogP contribution is -2.26. The second kappa shape index (κ2) is 5.85. The van der Waals surface area contributed by atoms with Gasteiger partial charge in [-0.25, -0.2) is 9.37 Å². The fourth-order valence-electron chi connectivity index (χ4n) is 1.49. The highest BCUT2D eigenvalue weighted by Gasteiger charge is 2.20. The standard InChI is InChI=1S/C12H11Br2FN2OS/c1-5(2)9(14)11(18)17-12-16-10-7(13)3-6(15)4-8(10)19-12/h3-5,9H,1-2H3,(H,16,17,18). The summed E-state index contributed by atoms with van der Waals surface area (Å²) in [5.41, 5.74) is 0.650. The van der Waals surface area contributed by atoms with E-state index in [0.717, 1.165) is 0 Å². The van der Waals surface area contributed by atoms with E-state index in [9.17, 15) is 9.18 Å². The molecule has 1 amide bonds. The maximum absolute atomic E-state index is 13.3. The van der Waals surface area contributed by atoms with Crippen LogP contribution in [0, 0.1) is 11.7 Å². The van der Waals surface area contributed by atoms with Gasteiger partial charge in [0.1, 0.15) is 5.82 Å². The second-order valence-electron chi connectivity index (χ2n) is 4.39. The number of halogens is 3. The number of carbonyl (C=O) groups excluding carboxylic acids is 1. The van der Waals surface area contributed by atoms with Crippen LogP contribution in [0.2, 0.25) is 0 Å². The van der Waals surface area contributed by atoms with Crippen LogP contribution >= 0.6 is 43.2 Å². The Balaban J connectivity index is 2.27. The Morgan fingerprint density at radius 3 is 2.79 bits per heavy atom. The zero-order valence-electron chi connectivity index (χ0n) is 10.2. The van der Waals surface area contributed by atoms with Gasteiger partial charge in [0.25, 0.3) is 0 Å². The normalized spacial score (nSPS) is 12.9. The molecule has 7 heteroatoms. The molecule has 3 nitrogen and oxygen atoms in total. The van der Waals surface area contributed by atoms with E-state index in [1.807, 2.05) is 13.8 Å². The van der Waals surface area contributed by atoms with Gasteiger partial charge in [-0.3, -0.25) is 4.79 Å². The number of anilines is 1. The first-order chi connectivity index (χ1) is 8.88. The van der Waals surface area contributed by atoms with Crippen LogP contribution in [-0.4, -0.2) is 15.7 Å². The number of thiazole rings is 1. The largest absolute Gasteiger partial charge is 0.301 e. The van der Waals surface area contributed by atoms with Crippen LogP contribution in [-0.2, 0) is 4.79 Å². The molecule has 0 aliphatic heterocycles. The van der Waals surface area contributed by atoms with E-state index in [0.29, 0.717) is 19.8 Å². The number of nitrogens with one attached hydrogen (secondary N) is 1. The SMILES string of the molecule is CC(C)C(Br)C(=O)Nc1nc2c(Br)cc(F)cc2s1. The minimum atomic E-state index is -0.332. The number of benzene rings is 1. The molecule has 1 N–H and O–H groups in total. The zero-order valence-corrected chi connectivity index (χ0v) is 14.2. The molecule has 0 bridgehead atoms. The number of amides is 1. The third-order valence-electron chi connectivity index (χ3n) is 2.48. The van der Waals surface area contributed by atoms with Gasteiger partial charge in [0, 0.05) is 4.47 Å². The van der Waals surface area contributed by atoms with Crippen LogP contribution in [0.4, 0.5) is 9.52 Å². The van der Waals surface area contributed by atoms with E-state index in [4.69, 9.17) is 0 Å². The van der Waals surface area contributed by atoms with Gasteiger partial charge in [0.2, 0.25) is 5.91 Å². The van der Waals surface area contributed by atoms with Crippen molar-refractivity contribution in [3.05, 3.63) is 22.4 Å². The Hall–Kier alpha value is -0.530. The maximum Gasteiger partial charge on any atom is 0.240 e. The summed E-state index contributed by atoms with van der Waals surface area (Å²) < 4.78 is 14.5. The molecule has 0 saturated heterocycles.